The van der Waals surface area contributed by atoms with Gasteiger partial charge in [0, 0.05) is 0 Å². The lowest BCUT2D eigenvalue weighted by Gasteiger charge is -2.34. The number of quaternary nitrogens is 1. The van der Waals surface area contributed by atoms with Crippen LogP contribution in [0.25, 0.3) is 0 Å². The molecule has 0 bridgehead atoms. The summed E-state index contributed by atoms with van der Waals surface area (Å²) in [6, 6.07) is 0. The molecular weight excluding hydrogens is 356 g/mol. The molecule has 24 heavy (non-hydrogen) atoms. The lowest BCUT2D eigenvalue weighted by molar-refractivity contribution is -0.889. The van der Waals surface area contributed by atoms with Crippen LogP contribution in [0.15, 0.2) is 0 Å². The quantitative estimate of drug-likeness (QED) is 0.444. The topological polar surface area (TPSA) is 120 Å². The van der Waals surface area contributed by atoms with Crippen LogP contribution in [0, 0.1) is 0 Å². The number of nitrogens with zero attached hydrogens (tertiary/aromatic N) is 1. The molecule has 1 amide bonds. The van der Waals surface area contributed by atoms with E-state index in [0.29, 0.717) is 11.0 Å². The fourth-order valence-corrected chi connectivity index (χ4v) is 7.33. The van der Waals surface area contributed by atoms with Gasteiger partial charge < -0.3 is 14.4 Å². The largest absolute Gasteiger partial charge is 0.748 e. The Bertz CT molecular complexity index is 671. The minimum Gasteiger partial charge on any atom is -0.748 e. The van der Waals surface area contributed by atoms with Gasteiger partial charge in [0.25, 0.3) is 0 Å². The van der Waals surface area contributed by atoms with Gasteiger partial charge in [0.2, 0.25) is 5.91 Å². The summed E-state index contributed by atoms with van der Waals surface area (Å²) >= 11 is 0. The van der Waals surface area contributed by atoms with E-state index in [4.69, 9.17) is 0 Å². The predicted molar refractivity (Wildman–Crippen MR) is 90.1 cm³/mol. The molecule has 0 unspecified atom stereocenters. The third-order valence-corrected chi connectivity index (χ3v) is 7.95. The van der Waals surface area contributed by atoms with E-state index in [2.05, 4.69) is 12.2 Å². The van der Waals surface area contributed by atoms with Crippen LogP contribution in [-0.2, 0) is 24.7 Å². The third-order valence-electron chi connectivity index (χ3n) is 4.47. The Kier molecular flexibility index (Phi) is 6.46. The molecule has 1 aliphatic heterocycles. The molecule has 0 aromatic carbocycles. The Hall–Kier alpha value is -0.710. The summed E-state index contributed by atoms with van der Waals surface area (Å²) in [7, 11) is -4.52. The molecule has 1 heterocycles. The second-order valence-corrected chi connectivity index (χ2v) is 11.2. The fourth-order valence-electron chi connectivity index (χ4n) is 3.02. The molecule has 0 saturated carbocycles. The number of carbonyl (C=O) groups excluding carboxylic acids is 1. The van der Waals surface area contributed by atoms with Crippen LogP contribution in [-0.4, -0.2) is 81.3 Å². The normalized spacial score (nSPS) is 27.1. The average molecular weight is 385 g/mol. The molecule has 142 valence electrons. The van der Waals surface area contributed by atoms with Crippen molar-refractivity contribution >= 4 is 25.9 Å². The van der Waals surface area contributed by atoms with E-state index in [1.165, 1.54) is 6.92 Å². The van der Waals surface area contributed by atoms with Gasteiger partial charge in [-0.2, -0.15) is 0 Å². The first-order valence-corrected chi connectivity index (χ1v) is 11.3. The first-order chi connectivity index (χ1) is 10.7. The predicted octanol–water partition coefficient (Wildman–Crippen LogP) is -0.530. The van der Waals surface area contributed by atoms with Crippen LogP contribution in [0.2, 0.25) is 0 Å². The van der Waals surface area contributed by atoms with Crippen molar-refractivity contribution in [1.82, 2.24) is 5.32 Å². The van der Waals surface area contributed by atoms with Crippen LogP contribution in [0.4, 0.5) is 0 Å². The summed E-state index contributed by atoms with van der Waals surface area (Å²) in [5, 5.41) is 0.838. The second kappa shape index (κ2) is 7.27. The maximum atomic E-state index is 12.2. The minimum atomic E-state index is -4.83. The highest BCUT2D eigenvalue weighted by Crippen LogP contribution is 2.29. The van der Waals surface area contributed by atoms with Gasteiger partial charge in [-0.1, -0.05) is 13.3 Å². The van der Waals surface area contributed by atoms with E-state index in [1.807, 2.05) is 14.1 Å². The highest BCUT2D eigenvalue weighted by atomic mass is 32.2. The van der Waals surface area contributed by atoms with Gasteiger partial charge in [-0.15, -0.1) is 0 Å². The Balaban J connectivity index is 2.77. The van der Waals surface area contributed by atoms with Crippen molar-refractivity contribution in [2.45, 2.75) is 43.9 Å². The molecule has 0 spiro atoms. The smallest absolute Gasteiger partial charge is 0.226 e. The Labute approximate surface area is 144 Å². The molecule has 8 nitrogen and oxygen atoms in total. The van der Waals surface area contributed by atoms with E-state index in [1.54, 1.807) is 0 Å². The van der Waals surface area contributed by atoms with Gasteiger partial charge in [0.05, 0.1) is 55.9 Å². The first kappa shape index (κ1) is 21.3. The monoisotopic (exact) mass is 384 g/mol. The lowest BCUT2D eigenvalue weighted by Crippen LogP contribution is -2.57. The second-order valence-electron chi connectivity index (χ2n) is 7.49. The molecule has 10 heteroatoms. The van der Waals surface area contributed by atoms with E-state index in [-0.39, 0.29) is 6.42 Å². The molecule has 1 aliphatic rings. The molecule has 1 N–H and O–H groups in total. The molecule has 0 aliphatic carbocycles. The van der Waals surface area contributed by atoms with Crippen LogP contribution in [0.5, 0.6) is 0 Å². The fraction of sp³-hybridized carbons (Fsp3) is 0.929. The van der Waals surface area contributed by atoms with Gasteiger partial charge in [-0.25, -0.2) is 16.8 Å². The molecule has 0 aromatic rings. The van der Waals surface area contributed by atoms with Crippen molar-refractivity contribution in [3.8, 4) is 0 Å². The maximum absolute atomic E-state index is 12.2. The SMILES string of the molecule is CCCC[N+](C)(C)CCC(=O)N[C@]1(C)CS(=O)(=O)C[C@@H]1S(=O)(=O)[O-]. The summed E-state index contributed by atoms with van der Waals surface area (Å²) < 4.78 is 58.3. The standard InChI is InChI=1S/C14H28N2O6S2/c1-5-6-8-16(3,4)9-7-13(17)15-14(2)11-23(18,19)10-12(14)24(20,21)22/h12H,5-11H2,1-4H3,(H-,15,17,20,21,22)/t12-,14+/m0/s1. The Morgan fingerprint density at radius 2 is 1.92 bits per heavy atom. The molecule has 0 aromatic heterocycles. The van der Waals surface area contributed by atoms with E-state index >= 15 is 0 Å². The van der Waals surface area contributed by atoms with Gasteiger partial charge >= 0.3 is 0 Å². The molecule has 1 saturated heterocycles. The summed E-state index contributed by atoms with van der Waals surface area (Å²) in [4.78, 5) is 12.2. The van der Waals surface area contributed by atoms with Crippen molar-refractivity contribution in [2.24, 2.45) is 0 Å². The molecule has 1 rings (SSSR count). The van der Waals surface area contributed by atoms with E-state index < -0.39 is 48.2 Å². The van der Waals surface area contributed by atoms with Gasteiger partial charge in [0.1, 0.15) is 10.1 Å². The van der Waals surface area contributed by atoms with Crippen LogP contribution in [0.1, 0.15) is 33.1 Å². The summed E-state index contributed by atoms with van der Waals surface area (Å²) in [5.74, 6) is -1.72. The van der Waals surface area contributed by atoms with E-state index in [9.17, 15) is 26.2 Å². The number of amides is 1. The number of unbranched alkanes of at least 4 members (excludes halogenated alkanes) is 1. The number of sulfone groups is 1. The van der Waals surface area contributed by atoms with Crippen molar-refractivity contribution in [3.63, 3.8) is 0 Å². The van der Waals surface area contributed by atoms with Crippen molar-refractivity contribution in [3.05, 3.63) is 0 Å². The van der Waals surface area contributed by atoms with Crippen molar-refractivity contribution in [1.29, 1.82) is 0 Å². The first-order valence-electron chi connectivity index (χ1n) is 7.99. The number of hydrogen-bond donors (Lipinski definition) is 1. The Morgan fingerprint density at radius 1 is 1.33 bits per heavy atom. The number of rotatable bonds is 8. The summed E-state index contributed by atoms with van der Waals surface area (Å²) in [6.07, 6.45) is 2.21. The average Bonchev–Trinajstić information content (AvgIpc) is 2.64. The van der Waals surface area contributed by atoms with Gasteiger partial charge in [0.15, 0.2) is 9.84 Å². The van der Waals surface area contributed by atoms with Crippen LogP contribution in [0.3, 0.4) is 0 Å². The number of nitrogens with one attached hydrogen (secondary N) is 1. The number of hydrogen-bond acceptors (Lipinski definition) is 6. The highest BCUT2D eigenvalue weighted by molar-refractivity contribution is 7.94. The number of carbonyl (C=O) groups is 1. The highest BCUT2D eigenvalue weighted by Gasteiger charge is 2.51. The van der Waals surface area contributed by atoms with E-state index in [0.717, 1.165) is 19.4 Å². The van der Waals surface area contributed by atoms with Crippen molar-refractivity contribution in [2.75, 3.05) is 38.7 Å². The van der Waals surface area contributed by atoms with Crippen LogP contribution >= 0.6 is 0 Å². The molecular formula is C14H28N2O6S2. The lowest BCUT2D eigenvalue weighted by atomic mass is 10.0. The molecule has 0 radical (unpaired) electrons. The minimum absolute atomic E-state index is 0.137. The molecule has 1 fully saturated rings. The van der Waals surface area contributed by atoms with Gasteiger partial charge in [-0.05, 0) is 13.3 Å². The third kappa shape index (κ3) is 5.98. The summed E-state index contributed by atoms with van der Waals surface area (Å²) in [5.41, 5.74) is -1.57. The van der Waals surface area contributed by atoms with Crippen molar-refractivity contribution < 1.29 is 30.7 Å². The maximum Gasteiger partial charge on any atom is 0.226 e. The zero-order valence-electron chi connectivity index (χ0n) is 14.7. The van der Waals surface area contributed by atoms with Gasteiger partial charge in [-0.3, -0.25) is 4.79 Å². The Morgan fingerprint density at radius 3 is 2.42 bits per heavy atom. The van der Waals surface area contributed by atoms with Crippen LogP contribution < -0.4 is 5.32 Å². The summed E-state index contributed by atoms with van der Waals surface area (Å²) in [6.45, 7) is 4.85. The zero-order chi connectivity index (χ0) is 18.8. The zero-order valence-corrected chi connectivity index (χ0v) is 16.4. The molecule has 2 atom stereocenters.